The minimum atomic E-state index is 0.770. The van der Waals surface area contributed by atoms with Crippen molar-refractivity contribution in [1.29, 1.82) is 0 Å². The van der Waals surface area contributed by atoms with E-state index in [-0.39, 0.29) is 0 Å². The van der Waals surface area contributed by atoms with Crippen LogP contribution in [-0.4, -0.2) is 62.2 Å². The molecule has 2 rings (SSSR count). The first kappa shape index (κ1) is 8.48. The van der Waals surface area contributed by atoms with Crippen LogP contribution in [0, 0.1) is 0 Å². The van der Waals surface area contributed by atoms with Crippen LogP contribution in [0.3, 0.4) is 0 Å². The van der Waals surface area contributed by atoms with Gasteiger partial charge in [0.15, 0.2) is 0 Å². The lowest BCUT2D eigenvalue weighted by Crippen LogP contribution is -2.53. The van der Waals surface area contributed by atoms with Crippen LogP contribution >= 0.6 is 0 Å². The van der Waals surface area contributed by atoms with Gasteiger partial charge in [-0.3, -0.25) is 4.90 Å². The molecule has 0 aromatic heterocycles. The van der Waals surface area contributed by atoms with Crippen LogP contribution in [0.15, 0.2) is 0 Å². The molecule has 0 aromatic carbocycles. The molecule has 12 heavy (non-hydrogen) atoms. The fraction of sp³-hybridized carbons (Fsp3) is 1.00. The first-order valence-corrected chi connectivity index (χ1v) is 4.99. The maximum Gasteiger partial charge on any atom is 0.0348 e. The zero-order valence-corrected chi connectivity index (χ0v) is 7.92. The summed E-state index contributed by atoms with van der Waals surface area (Å²) in [6.45, 7) is 7.44. The molecule has 1 unspecified atom stereocenters. The lowest BCUT2D eigenvalue weighted by molar-refractivity contribution is 0.0990. The molecule has 2 aliphatic heterocycles. The van der Waals surface area contributed by atoms with Crippen LogP contribution in [-0.2, 0) is 0 Å². The molecule has 70 valence electrons. The Morgan fingerprint density at radius 3 is 3.08 bits per heavy atom. The van der Waals surface area contributed by atoms with Crippen LogP contribution in [0.1, 0.15) is 6.42 Å². The minimum absolute atomic E-state index is 0.770. The van der Waals surface area contributed by atoms with E-state index in [1.54, 1.807) is 0 Å². The Morgan fingerprint density at radius 1 is 1.25 bits per heavy atom. The number of nitrogens with one attached hydrogen (secondary N) is 1. The van der Waals surface area contributed by atoms with Crippen molar-refractivity contribution in [3.05, 3.63) is 0 Å². The molecule has 2 aliphatic rings. The standard InChI is InChI=1S/C9H19N3/c1-11-5-6-12-4-2-3-10-7-9(12)8-11/h9-10H,2-8H2,1H3. The fourth-order valence-electron chi connectivity index (χ4n) is 2.21. The van der Waals surface area contributed by atoms with Gasteiger partial charge in [-0.2, -0.15) is 0 Å². The summed E-state index contributed by atoms with van der Waals surface area (Å²) < 4.78 is 0. The molecule has 1 atom stereocenters. The third-order valence-corrected chi connectivity index (χ3v) is 2.99. The fourth-order valence-corrected chi connectivity index (χ4v) is 2.21. The van der Waals surface area contributed by atoms with Crippen molar-refractivity contribution in [2.75, 3.05) is 46.3 Å². The van der Waals surface area contributed by atoms with E-state index >= 15 is 0 Å². The number of piperazine rings is 1. The maximum atomic E-state index is 3.50. The number of nitrogens with zero attached hydrogens (tertiary/aromatic N) is 2. The van der Waals surface area contributed by atoms with E-state index in [2.05, 4.69) is 22.2 Å². The summed E-state index contributed by atoms with van der Waals surface area (Å²) in [5, 5.41) is 3.50. The highest BCUT2D eigenvalue weighted by atomic mass is 15.3. The predicted octanol–water partition coefficient (Wildman–Crippen LogP) is -0.404. The molecule has 1 N–H and O–H groups in total. The highest BCUT2D eigenvalue weighted by Crippen LogP contribution is 2.09. The van der Waals surface area contributed by atoms with Crippen LogP contribution in [0.25, 0.3) is 0 Å². The lowest BCUT2D eigenvalue weighted by Gasteiger charge is -2.38. The quantitative estimate of drug-likeness (QED) is 0.532. The Balaban J connectivity index is 1.94. The molecule has 0 aliphatic carbocycles. The van der Waals surface area contributed by atoms with E-state index in [0.29, 0.717) is 0 Å². The zero-order valence-electron chi connectivity index (χ0n) is 7.92. The van der Waals surface area contributed by atoms with Gasteiger partial charge in [-0.25, -0.2) is 0 Å². The molecule has 0 radical (unpaired) electrons. The summed E-state index contributed by atoms with van der Waals surface area (Å²) in [7, 11) is 2.22. The van der Waals surface area contributed by atoms with Crippen molar-refractivity contribution in [1.82, 2.24) is 15.1 Å². The van der Waals surface area contributed by atoms with Gasteiger partial charge in [0.05, 0.1) is 0 Å². The van der Waals surface area contributed by atoms with E-state index < -0.39 is 0 Å². The van der Waals surface area contributed by atoms with Gasteiger partial charge in [0.1, 0.15) is 0 Å². The van der Waals surface area contributed by atoms with E-state index in [1.807, 2.05) is 0 Å². The number of hydrogen-bond donors (Lipinski definition) is 1. The first-order valence-electron chi connectivity index (χ1n) is 4.99. The molecule has 2 heterocycles. The average Bonchev–Trinajstić information content (AvgIpc) is 2.28. The molecule has 0 spiro atoms. The first-order chi connectivity index (χ1) is 5.86. The summed E-state index contributed by atoms with van der Waals surface area (Å²) >= 11 is 0. The minimum Gasteiger partial charge on any atom is -0.315 e. The van der Waals surface area contributed by atoms with E-state index in [9.17, 15) is 0 Å². The molecular weight excluding hydrogens is 150 g/mol. The van der Waals surface area contributed by atoms with Gasteiger partial charge in [0.2, 0.25) is 0 Å². The Kier molecular flexibility index (Phi) is 2.63. The molecule has 0 amide bonds. The van der Waals surface area contributed by atoms with Gasteiger partial charge < -0.3 is 10.2 Å². The molecule has 3 heteroatoms. The van der Waals surface area contributed by atoms with Crippen LogP contribution in [0.5, 0.6) is 0 Å². The Bertz CT molecular complexity index is 149. The summed E-state index contributed by atoms with van der Waals surface area (Å²) in [6.07, 6.45) is 1.32. The van der Waals surface area contributed by atoms with Gasteiger partial charge in [0, 0.05) is 32.2 Å². The smallest absolute Gasteiger partial charge is 0.0348 e. The summed E-state index contributed by atoms with van der Waals surface area (Å²) in [5.41, 5.74) is 0. The molecule has 2 saturated heterocycles. The average molecular weight is 169 g/mol. The Labute approximate surface area is 74.7 Å². The molecule has 0 aromatic rings. The normalized spacial score (nSPS) is 34.2. The van der Waals surface area contributed by atoms with E-state index in [4.69, 9.17) is 0 Å². The van der Waals surface area contributed by atoms with Crippen molar-refractivity contribution in [3.63, 3.8) is 0 Å². The van der Waals surface area contributed by atoms with Crippen molar-refractivity contribution >= 4 is 0 Å². The van der Waals surface area contributed by atoms with Gasteiger partial charge in [0.25, 0.3) is 0 Å². The Morgan fingerprint density at radius 2 is 2.17 bits per heavy atom. The molecule has 0 saturated carbocycles. The molecular formula is C9H19N3. The summed E-state index contributed by atoms with van der Waals surface area (Å²) in [5.74, 6) is 0. The van der Waals surface area contributed by atoms with Crippen LogP contribution in [0.4, 0.5) is 0 Å². The van der Waals surface area contributed by atoms with Gasteiger partial charge in [-0.05, 0) is 26.6 Å². The highest BCUT2D eigenvalue weighted by Gasteiger charge is 2.25. The zero-order chi connectivity index (χ0) is 8.39. The van der Waals surface area contributed by atoms with E-state index in [0.717, 1.165) is 6.04 Å². The number of rotatable bonds is 0. The number of likely N-dealkylation sites (N-methyl/N-ethyl adjacent to an activating group) is 1. The van der Waals surface area contributed by atoms with Gasteiger partial charge in [-0.15, -0.1) is 0 Å². The lowest BCUT2D eigenvalue weighted by atomic mass is 10.2. The summed E-state index contributed by atoms with van der Waals surface area (Å²) in [6, 6.07) is 0.770. The van der Waals surface area contributed by atoms with Crippen molar-refractivity contribution in [3.8, 4) is 0 Å². The second kappa shape index (κ2) is 3.73. The number of hydrogen-bond acceptors (Lipinski definition) is 3. The topological polar surface area (TPSA) is 18.5 Å². The second-order valence-corrected chi connectivity index (χ2v) is 4.01. The third-order valence-electron chi connectivity index (χ3n) is 2.99. The monoisotopic (exact) mass is 169 g/mol. The van der Waals surface area contributed by atoms with Crippen molar-refractivity contribution in [2.45, 2.75) is 12.5 Å². The molecule has 2 fully saturated rings. The second-order valence-electron chi connectivity index (χ2n) is 4.01. The van der Waals surface area contributed by atoms with Crippen molar-refractivity contribution < 1.29 is 0 Å². The predicted molar refractivity (Wildman–Crippen MR) is 50.3 cm³/mol. The number of fused-ring (bicyclic) bond motifs is 1. The molecule has 0 bridgehead atoms. The van der Waals surface area contributed by atoms with Gasteiger partial charge in [-0.1, -0.05) is 0 Å². The maximum absolute atomic E-state index is 3.50. The van der Waals surface area contributed by atoms with Crippen LogP contribution < -0.4 is 5.32 Å². The van der Waals surface area contributed by atoms with Crippen LogP contribution in [0.2, 0.25) is 0 Å². The molecule has 3 nitrogen and oxygen atoms in total. The van der Waals surface area contributed by atoms with Gasteiger partial charge >= 0.3 is 0 Å². The Hall–Kier alpha value is -0.120. The SMILES string of the molecule is CN1CCN2CCCNCC2C1. The largest absolute Gasteiger partial charge is 0.315 e. The van der Waals surface area contributed by atoms with E-state index in [1.165, 1.54) is 45.7 Å². The summed E-state index contributed by atoms with van der Waals surface area (Å²) in [4.78, 5) is 5.08. The van der Waals surface area contributed by atoms with Crippen molar-refractivity contribution in [2.24, 2.45) is 0 Å². The highest BCUT2D eigenvalue weighted by molar-refractivity contribution is 4.84. The third kappa shape index (κ3) is 1.79.